The Morgan fingerprint density at radius 1 is 1.08 bits per heavy atom. The molecule has 3 saturated carbocycles. The molecule has 3 unspecified atom stereocenters. The van der Waals surface area contributed by atoms with E-state index in [9.17, 15) is 9.90 Å². The lowest BCUT2D eigenvalue weighted by atomic mass is 9.47. The number of allylic oxidation sites excluding steroid dienone is 1. The van der Waals surface area contributed by atoms with E-state index in [-0.39, 0.29) is 23.5 Å². The van der Waals surface area contributed by atoms with Gasteiger partial charge in [0.05, 0.1) is 6.10 Å². The largest absolute Gasteiger partial charge is 0.397 e. The van der Waals surface area contributed by atoms with Crippen molar-refractivity contribution in [3.63, 3.8) is 0 Å². The first-order chi connectivity index (χ1) is 11.4. The monoisotopic (exact) mass is 334 g/mol. The Hall–Kier alpha value is -0.670. The van der Waals surface area contributed by atoms with E-state index in [0.29, 0.717) is 11.7 Å². The van der Waals surface area contributed by atoms with Crippen molar-refractivity contribution in [2.45, 2.75) is 78.2 Å². The van der Waals surface area contributed by atoms with Gasteiger partial charge in [-0.05, 0) is 86.5 Å². The number of hydrogen-bond donors (Lipinski definition) is 2. The van der Waals surface area contributed by atoms with Gasteiger partial charge < -0.3 is 10.2 Å². The molecule has 0 aromatic rings. The molecule has 0 aliphatic heterocycles. The summed E-state index contributed by atoms with van der Waals surface area (Å²) in [4.78, 5) is 11.8. The number of aliphatic hydroxyl groups is 2. The van der Waals surface area contributed by atoms with Crippen LogP contribution < -0.4 is 0 Å². The van der Waals surface area contributed by atoms with Crippen LogP contribution in [0, 0.1) is 28.6 Å². The van der Waals surface area contributed by atoms with E-state index in [1.807, 2.05) is 6.08 Å². The Kier molecular flexibility index (Phi) is 4.96. The third-order valence-corrected chi connectivity index (χ3v) is 7.91. The molecule has 0 heterocycles. The second-order valence-electron chi connectivity index (χ2n) is 8.92. The highest BCUT2D eigenvalue weighted by Crippen LogP contribution is 2.65. The van der Waals surface area contributed by atoms with Gasteiger partial charge in [0, 0.05) is 13.0 Å². The molecule has 0 aromatic heterocycles. The molecule has 0 radical (unpaired) electrons. The van der Waals surface area contributed by atoms with Crippen molar-refractivity contribution < 1.29 is 15.0 Å². The number of aliphatic hydroxyl groups excluding tert-OH is 2. The maximum absolute atomic E-state index is 11.8. The molecule has 4 aliphatic carbocycles. The first-order valence-electron chi connectivity index (χ1n) is 9.89. The summed E-state index contributed by atoms with van der Waals surface area (Å²) >= 11 is 0. The lowest BCUT2D eigenvalue weighted by Crippen LogP contribution is -2.51. The highest BCUT2D eigenvalue weighted by atomic mass is 16.3. The van der Waals surface area contributed by atoms with E-state index < -0.39 is 0 Å². The van der Waals surface area contributed by atoms with Gasteiger partial charge in [-0.1, -0.05) is 19.4 Å². The predicted molar refractivity (Wildman–Crippen MR) is 95.5 cm³/mol. The SMILES string of the molecule is CCO.C[C@]12CCC(=O)C=C1CCC1C2CC[C@@]2(C)C1CC[C@@H]2O. The minimum Gasteiger partial charge on any atom is -0.397 e. The van der Waals surface area contributed by atoms with Crippen molar-refractivity contribution >= 4 is 5.78 Å². The van der Waals surface area contributed by atoms with Gasteiger partial charge in [0.2, 0.25) is 0 Å². The molecular formula is C21H34O3. The van der Waals surface area contributed by atoms with Crippen LogP contribution in [0.3, 0.4) is 0 Å². The second kappa shape index (κ2) is 6.57. The number of ketones is 1. The zero-order valence-corrected chi connectivity index (χ0v) is 15.6. The Bertz CT molecular complexity index is 525. The first kappa shape index (κ1) is 18.1. The summed E-state index contributed by atoms with van der Waals surface area (Å²) < 4.78 is 0. The summed E-state index contributed by atoms with van der Waals surface area (Å²) in [5.41, 5.74) is 1.89. The third-order valence-electron chi connectivity index (χ3n) is 7.91. The van der Waals surface area contributed by atoms with Crippen molar-refractivity contribution in [1.29, 1.82) is 0 Å². The molecule has 0 spiro atoms. The Labute approximate surface area is 146 Å². The normalized spacial score (nSPS) is 46.9. The summed E-state index contributed by atoms with van der Waals surface area (Å²) in [5, 5.41) is 18.0. The second-order valence-corrected chi connectivity index (χ2v) is 8.92. The van der Waals surface area contributed by atoms with Gasteiger partial charge in [-0.15, -0.1) is 0 Å². The molecule has 6 atom stereocenters. The molecule has 24 heavy (non-hydrogen) atoms. The standard InChI is InChI=1S/C19H28O2.C2H6O/c1-18-9-7-13(20)11-12(18)3-4-14-15-5-6-17(21)19(15,2)10-8-16(14)18;1-2-3/h11,14-17,21H,3-10H2,1-2H3;3H,2H2,1H3/t14?,15?,16?,17-,18-,19-;/m0./s1. The zero-order chi connectivity index (χ0) is 17.5. The summed E-state index contributed by atoms with van der Waals surface area (Å²) in [6.07, 6.45) is 10.7. The van der Waals surface area contributed by atoms with Crippen molar-refractivity contribution in [3.8, 4) is 0 Å². The fourth-order valence-corrected chi connectivity index (χ4v) is 6.53. The van der Waals surface area contributed by atoms with Crippen molar-refractivity contribution in [3.05, 3.63) is 11.6 Å². The molecule has 0 saturated heterocycles. The number of carbonyl (C=O) groups is 1. The van der Waals surface area contributed by atoms with Crippen molar-refractivity contribution in [2.24, 2.45) is 28.6 Å². The minimum atomic E-state index is -0.0823. The van der Waals surface area contributed by atoms with Gasteiger partial charge >= 0.3 is 0 Å². The van der Waals surface area contributed by atoms with E-state index in [1.54, 1.807) is 6.92 Å². The van der Waals surface area contributed by atoms with Gasteiger partial charge in [0.1, 0.15) is 0 Å². The van der Waals surface area contributed by atoms with Crippen LogP contribution in [0.1, 0.15) is 72.1 Å². The van der Waals surface area contributed by atoms with Crippen LogP contribution in [-0.4, -0.2) is 28.7 Å². The van der Waals surface area contributed by atoms with E-state index in [4.69, 9.17) is 5.11 Å². The van der Waals surface area contributed by atoms with E-state index in [2.05, 4.69) is 13.8 Å². The van der Waals surface area contributed by atoms with E-state index in [1.165, 1.54) is 31.3 Å². The predicted octanol–water partition coefficient (Wildman–Crippen LogP) is 3.88. The van der Waals surface area contributed by atoms with Gasteiger partial charge in [0.15, 0.2) is 5.78 Å². The van der Waals surface area contributed by atoms with Gasteiger partial charge in [-0.3, -0.25) is 4.79 Å². The Morgan fingerprint density at radius 3 is 2.50 bits per heavy atom. The summed E-state index contributed by atoms with van der Waals surface area (Å²) in [6, 6.07) is 0. The number of rotatable bonds is 0. The lowest BCUT2D eigenvalue weighted by Gasteiger charge is -2.57. The molecule has 0 amide bonds. The van der Waals surface area contributed by atoms with Crippen LogP contribution in [0.25, 0.3) is 0 Å². The summed E-state index contributed by atoms with van der Waals surface area (Å²) in [7, 11) is 0. The number of carbonyl (C=O) groups excluding carboxylic acids is 1. The topological polar surface area (TPSA) is 57.5 Å². The van der Waals surface area contributed by atoms with Crippen LogP contribution in [-0.2, 0) is 4.79 Å². The fourth-order valence-electron chi connectivity index (χ4n) is 6.53. The first-order valence-corrected chi connectivity index (χ1v) is 9.89. The molecule has 3 heteroatoms. The molecule has 3 fully saturated rings. The maximum Gasteiger partial charge on any atom is 0.155 e. The smallest absolute Gasteiger partial charge is 0.155 e. The molecule has 136 valence electrons. The quantitative estimate of drug-likeness (QED) is 0.707. The summed E-state index contributed by atoms with van der Waals surface area (Å²) in [6.45, 7) is 6.69. The number of fused-ring (bicyclic) bond motifs is 5. The molecule has 3 nitrogen and oxygen atoms in total. The third kappa shape index (κ3) is 2.68. The maximum atomic E-state index is 11.8. The van der Waals surface area contributed by atoms with Crippen LogP contribution in [0.5, 0.6) is 0 Å². The van der Waals surface area contributed by atoms with Crippen LogP contribution in [0.2, 0.25) is 0 Å². The molecule has 0 aromatic carbocycles. The van der Waals surface area contributed by atoms with Gasteiger partial charge in [0.25, 0.3) is 0 Å². The van der Waals surface area contributed by atoms with E-state index in [0.717, 1.165) is 37.5 Å². The molecular weight excluding hydrogens is 300 g/mol. The Balaban J connectivity index is 0.000000526. The number of hydrogen-bond acceptors (Lipinski definition) is 3. The Morgan fingerprint density at radius 2 is 1.79 bits per heavy atom. The van der Waals surface area contributed by atoms with Crippen LogP contribution in [0.15, 0.2) is 11.6 Å². The molecule has 4 rings (SSSR count). The van der Waals surface area contributed by atoms with Gasteiger partial charge in [-0.25, -0.2) is 0 Å². The van der Waals surface area contributed by atoms with E-state index >= 15 is 0 Å². The highest BCUT2D eigenvalue weighted by molar-refractivity contribution is 5.91. The van der Waals surface area contributed by atoms with Crippen molar-refractivity contribution in [1.82, 2.24) is 0 Å². The minimum absolute atomic E-state index is 0.0823. The molecule has 0 bridgehead atoms. The van der Waals surface area contributed by atoms with Crippen LogP contribution in [0.4, 0.5) is 0 Å². The summed E-state index contributed by atoms with van der Waals surface area (Å²) in [5.74, 6) is 2.57. The van der Waals surface area contributed by atoms with Gasteiger partial charge in [-0.2, -0.15) is 0 Å². The lowest BCUT2D eigenvalue weighted by molar-refractivity contribution is -0.118. The zero-order valence-electron chi connectivity index (χ0n) is 15.6. The molecule has 2 N–H and O–H groups in total. The average molecular weight is 335 g/mol. The highest BCUT2D eigenvalue weighted by Gasteiger charge is 2.58. The molecule has 4 aliphatic rings. The average Bonchev–Trinajstić information content (AvgIpc) is 2.84. The van der Waals surface area contributed by atoms with Crippen molar-refractivity contribution in [2.75, 3.05) is 6.61 Å². The fraction of sp³-hybridized carbons (Fsp3) is 0.857. The van der Waals surface area contributed by atoms with Crippen LogP contribution >= 0.6 is 0 Å².